The number of carbonyl (C=O) groups is 1. The van der Waals surface area contributed by atoms with Gasteiger partial charge in [-0.25, -0.2) is 22.0 Å². The third kappa shape index (κ3) is 2.11. The molecule has 1 saturated carbocycles. The molecule has 1 aromatic rings. The molecule has 2 rings (SSSR count). The van der Waals surface area contributed by atoms with Crippen molar-refractivity contribution in [3.8, 4) is 0 Å². The van der Waals surface area contributed by atoms with E-state index >= 15 is 0 Å². The third-order valence-corrected chi connectivity index (χ3v) is 4.44. The standard InChI is InChI=1S/C11H7BrF5NO/c1-11(2-3(11)12)10(19)18-9-7(16)5(14)4(13)6(15)8(9)17/h3H,2H2,1H3,(H,18,19)/t3-,11-/m0/s1. The highest BCUT2D eigenvalue weighted by atomic mass is 79.9. The summed E-state index contributed by atoms with van der Waals surface area (Å²) in [6.45, 7) is 1.51. The Kier molecular flexibility index (Phi) is 3.32. The van der Waals surface area contributed by atoms with E-state index < -0.39 is 46.1 Å². The highest BCUT2D eigenvalue weighted by molar-refractivity contribution is 9.09. The monoisotopic (exact) mass is 343 g/mol. The van der Waals surface area contributed by atoms with Gasteiger partial charge in [-0.1, -0.05) is 15.9 Å². The van der Waals surface area contributed by atoms with Gasteiger partial charge in [0.05, 0.1) is 5.41 Å². The average molecular weight is 344 g/mol. The van der Waals surface area contributed by atoms with E-state index in [1.165, 1.54) is 6.92 Å². The molecule has 0 bridgehead atoms. The molecule has 104 valence electrons. The van der Waals surface area contributed by atoms with Gasteiger partial charge in [0.1, 0.15) is 5.69 Å². The molecule has 0 radical (unpaired) electrons. The van der Waals surface area contributed by atoms with Gasteiger partial charge in [0.25, 0.3) is 0 Å². The Morgan fingerprint density at radius 1 is 1.11 bits per heavy atom. The summed E-state index contributed by atoms with van der Waals surface area (Å²) in [7, 11) is 0. The van der Waals surface area contributed by atoms with Crippen molar-refractivity contribution in [1.82, 2.24) is 0 Å². The van der Waals surface area contributed by atoms with E-state index in [9.17, 15) is 26.7 Å². The first-order valence-corrected chi connectivity index (χ1v) is 6.08. The Morgan fingerprint density at radius 3 is 1.84 bits per heavy atom. The van der Waals surface area contributed by atoms with Crippen LogP contribution in [0.25, 0.3) is 0 Å². The van der Waals surface area contributed by atoms with Crippen LogP contribution in [-0.4, -0.2) is 10.7 Å². The van der Waals surface area contributed by atoms with Crippen LogP contribution in [0.2, 0.25) is 0 Å². The summed E-state index contributed by atoms with van der Waals surface area (Å²) in [5.74, 6) is -11.4. The van der Waals surface area contributed by atoms with Gasteiger partial charge in [-0.15, -0.1) is 0 Å². The van der Waals surface area contributed by atoms with Crippen molar-refractivity contribution in [2.24, 2.45) is 5.41 Å². The normalized spacial score (nSPS) is 25.3. The van der Waals surface area contributed by atoms with E-state index in [1.807, 2.05) is 0 Å². The number of amides is 1. The summed E-state index contributed by atoms with van der Waals surface area (Å²) in [5, 5.41) is 1.75. The predicted molar refractivity (Wildman–Crippen MR) is 60.3 cm³/mol. The van der Waals surface area contributed by atoms with Crippen LogP contribution in [0.15, 0.2) is 0 Å². The second-order valence-electron chi connectivity index (χ2n) is 4.49. The molecule has 2 nitrogen and oxygen atoms in total. The van der Waals surface area contributed by atoms with Crippen LogP contribution in [0, 0.1) is 34.5 Å². The number of hydrogen-bond acceptors (Lipinski definition) is 1. The van der Waals surface area contributed by atoms with Crippen molar-refractivity contribution in [3.63, 3.8) is 0 Å². The van der Waals surface area contributed by atoms with Crippen molar-refractivity contribution >= 4 is 27.5 Å². The smallest absolute Gasteiger partial charge is 0.231 e. The molecule has 2 atom stereocenters. The second kappa shape index (κ2) is 4.43. The molecule has 0 heterocycles. The molecular formula is C11H7BrF5NO. The molecule has 19 heavy (non-hydrogen) atoms. The maximum atomic E-state index is 13.3. The number of benzene rings is 1. The highest BCUT2D eigenvalue weighted by Gasteiger charge is 2.55. The van der Waals surface area contributed by atoms with E-state index in [0.29, 0.717) is 6.42 Å². The van der Waals surface area contributed by atoms with Crippen molar-refractivity contribution in [2.75, 3.05) is 5.32 Å². The zero-order valence-corrected chi connectivity index (χ0v) is 11.0. The van der Waals surface area contributed by atoms with Gasteiger partial charge < -0.3 is 5.32 Å². The molecule has 0 unspecified atom stereocenters. The number of hydrogen-bond donors (Lipinski definition) is 1. The fraction of sp³-hybridized carbons (Fsp3) is 0.364. The van der Waals surface area contributed by atoms with Gasteiger partial charge in [-0.2, -0.15) is 0 Å². The molecule has 0 spiro atoms. The molecule has 1 N–H and O–H groups in total. The second-order valence-corrected chi connectivity index (χ2v) is 5.59. The number of rotatable bonds is 2. The average Bonchev–Trinajstić information content (AvgIpc) is 2.99. The van der Waals surface area contributed by atoms with Crippen molar-refractivity contribution in [3.05, 3.63) is 29.1 Å². The highest BCUT2D eigenvalue weighted by Crippen LogP contribution is 2.51. The van der Waals surface area contributed by atoms with Crippen LogP contribution in [0.4, 0.5) is 27.6 Å². The Balaban J connectivity index is 2.39. The molecule has 1 fully saturated rings. The van der Waals surface area contributed by atoms with Crippen LogP contribution in [0.1, 0.15) is 13.3 Å². The maximum absolute atomic E-state index is 13.3. The molecule has 0 aliphatic heterocycles. The Labute approximate surface area is 113 Å². The van der Waals surface area contributed by atoms with E-state index in [0.717, 1.165) is 0 Å². The van der Waals surface area contributed by atoms with Crippen molar-refractivity contribution in [2.45, 2.75) is 18.2 Å². The maximum Gasteiger partial charge on any atom is 0.231 e. The Bertz CT molecular complexity index is 550. The lowest BCUT2D eigenvalue weighted by molar-refractivity contribution is -0.120. The molecule has 1 aromatic carbocycles. The zero-order chi connectivity index (χ0) is 14.5. The molecule has 1 aliphatic carbocycles. The minimum Gasteiger partial charge on any atom is -0.320 e. The SMILES string of the molecule is C[C@]1(C(=O)Nc2c(F)c(F)c(F)c(F)c2F)C[C@@H]1Br. The summed E-state index contributed by atoms with van der Waals surface area (Å²) < 4.78 is 65.3. The lowest BCUT2D eigenvalue weighted by atomic mass is 10.1. The van der Waals surface area contributed by atoms with Gasteiger partial charge in [0.15, 0.2) is 23.3 Å². The predicted octanol–water partition coefficient (Wildman–Crippen LogP) is 3.49. The van der Waals surface area contributed by atoms with Crippen molar-refractivity contribution in [1.29, 1.82) is 0 Å². The number of nitrogens with one attached hydrogen (secondary N) is 1. The molecule has 1 aliphatic rings. The first-order chi connectivity index (χ1) is 8.70. The Hall–Kier alpha value is -1.18. The summed E-state index contributed by atoms with van der Waals surface area (Å²) in [6, 6.07) is 0. The summed E-state index contributed by atoms with van der Waals surface area (Å²) >= 11 is 3.14. The fourth-order valence-corrected chi connectivity index (χ4v) is 2.40. The molecule has 8 heteroatoms. The zero-order valence-electron chi connectivity index (χ0n) is 9.46. The molecular weight excluding hydrogens is 337 g/mol. The summed E-state index contributed by atoms with van der Waals surface area (Å²) in [5.41, 5.74) is -2.24. The number of anilines is 1. The van der Waals surface area contributed by atoms with Crippen LogP contribution in [0.3, 0.4) is 0 Å². The van der Waals surface area contributed by atoms with Crippen LogP contribution >= 0.6 is 15.9 Å². The van der Waals surface area contributed by atoms with Gasteiger partial charge in [0, 0.05) is 4.83 Å². The third-order valence-electron chi connectivity index (χ3n) is 3.10. The van der Waals surface area contributed by atoms with Gasteiger partial charge in [0.2, 0.25) is 11.7 Å². The van der Waals surface area contributed by atoms with Crippen LogP contribution in [0.5, 0.6) is 0 Å². The number of carbonyl (C=O) groups excluding carboxylic acids is 1. The summed E-state index contributed by atoms with van der Waals surface area (Å²) in [6.07, 6.45) is 0.411. The lowest BCUT2D eigenvalue weighted by Crippen LogP contribution is -2.25. The molecule has 1 amide bonds. The first kappa shape index (κ1) is 14.2. The summed E-state index contributed by atoms with van der Waals surface area (Å²) in [4.78, 5) is 11.5. The molecule has 0 aromatic heterocycles. The lowest BCUT2D eigenvalue weighted by Gasteiger charge is -2.13. The number of alkyl halides is 1. The van der Waals surface area contributed by atoms with E-state index in [1.54, 1.807) is 5.32 Å². The number of halogens is 6. The Morgan fingerprint density at radius 2 is 1.47 bits per heavy atom. The van der Waals surface area contributed by atoms with Crippen molar-refractivity contribution < 1.29 is 26.7 Å². The fourth-order valence-electron chi connectivity index (χ4n) is 1.52. The van der Waals surface area contributed by atoms with Crippen LogP contribution < -0.4 is 5.32 Å². The largest absolute Gasteiger partial charge is 0.320 e. The topological polar surface area (TPSA) is 29.1 Å². The van der Waals surface area contributed by atoms with Gasteiger partial charge in [-0.3, -0.25) is 4.79 Å². The quantitative estimate of drug-likeness (QED) is 0.378. The minimum absolute atomic E-state index is 0.193. The van der Waals surface area contributed by atoms with Gasteiger partial charge >= 0.3 is 0 Å². The minimum atomic E-state index is -2.26. The molecule has 0 saturated heterocycles. The first-order valence-electron chi connectivity index (χ1n) is 5.17. The van der Waals surface area contributed by atoms with E-state index in [2.05, 4.69) is 15.9 Å². The van der Waals surface area contributed by atoms with Crippen LogP contribution in [-0.2, 0) is 4.79 Å². The van der Waals surface area contributed by atoms with Gasteiger partial charge in [-0.05, 0) is 13.3 Å². The van der Waals surface area contributed by atoms with E-state index in [4.69, 9.17) is 0 Å². The van der Waals surface area contributed by atoms with E-state index in [-0.39, 0.29) is 4.83 Å².